The van der Waals surface area contributed by atoms with Gasteiger partial charge in [-0.2, -0.15) is 15.0 Å². The molecule has 0 saturated heterocycles. The van der Waals surface area contributed by atoms with E-state index in [1.807, 2.05) is 90.3 Å². The van der Waals surface area contributed by atoms with E-state index in [1.165, 1.54) is 12.0 Å². The average molecular weight is 843 g/mol. The number of carbonyl (C=O) groups excluding carboxylic acids is 2. The topological polar surface area (TPSA) is 175 Å². The Balaban J connectivity index is 0.000000416. The number of anilines is 3. The molecule has 0 unspecified atom stereocenters. The number of nitrogens with zero attached hydrogens (tertiary/aromatic N) is 3. The number of methoxy groups -OCH3 is 1. The summed E-state index contributed by atoms with van der Waals surface area (Å²) in [5, 5.41) is 17.3. The number of aromatic nitrogens is 3. The first-order valence-electron chi connectivity index (χ1n) is 21.1. The number of pyridine rings is 3. The van der Waals surface area contributed by atoms with Gasteiger partial charge < -0.3 is 44.2 Å². The predicted octanol–water partition coefficient (Wildman–Crippen LogP) is 8.94. The van der Waals surface area contributed by atoms with E-state index in [2.05, 4.69) is 37.0 Å². The first-order valence-corrected chi connectivity index (χ1v) is 22.3. The zero-order valence-corrected chi connectivity index (χ0v) is 37.5. The molecule has 4 N–H and O–H groups in total. The molecule has 15 heteroatoms. The van der Waals surface area contributed by atoms with Crippen LogP contribution in [0.1, 0.15) is 110 Å². The number of aliphatic hydroxyl groups is 1. The summed E-state index contributed by atoms with van der Waals surface area (Å²) in [5.41, 5.74) is 3.23. The van der Waals surface area contributed by atoms with Gasteiger partial charge in [0, 0.05) is 69.7 Å². The largest absolute Gasteiger partial charge is 0.478 e. The van der Waals surface area contributed by atoms with E-state index in [-0.39, 0.29) is 18.4 Å². The number of ether oxygens (including phenoxy) is 4. The van der Waals surface area contributed by atoms with E-state index < -0.39 is 0 Å². The van der Waals surface area contributed by atoms with Gasteiger partial charge in [-0.3, -0.25) is 9.59 Å². The number of rotatable bonds is 18. The molecule has 2 amide bonds. The van der Waals surface area contributed by atoms with E-state index in [0.717, 1.165) is 93.6 Å². The van der Waals surface area contributed by atoms with Crippen LogP contribution < -0.4 is 30.2 Å². The summed E-state index contributed by atoms with van der Waals surface area (Å²) in [6.07, 6.45) is 14.0. The molecule has 59 heavy (non-hydrogen) atoms. The summed E-state index contributed by atoms with van der Waals surface area (Å²) in [7, 11) is 1.69. The average Bonchev–Trinajstić information content (AvgIpc) is 3.28. The third-order valence-corrected chi connectivity index (χ3v) is 8.44. The highest BCUT2D eigenvalue weighted by atomic mass is 32.2. The van der Waals surface area contributed by atoms with Gasteiger partial charge in [0.05, 0.1) is 26.4 Å². The Morgan fingerprint density at radius 2 is 1.07 bits per heavy atom. The van der Waals surface area contributed by atoms with Crippen molar-refractivity contribution in [3.05, 3.63) is 59.2 Å². The number of hydrogen-bond donors (Lipinski definition) is 4. The van der Waals surface area contributed by atoms with Crippen LogP contribution in [0.5, 0.6) is 17.6 Å². The van der Waals surface area contributed by atoms with Gasteiger partial charge in [0.2, 0.25) is 29.5 Å². The zero-order chi connectivity index (χ0) is 43.5. The number of hydrogen-bond acceptors (Lipinski definition) is 13. The van der Waals surface area contributed by atoms with Gasteiger partial charge in [0.25, 0.3) is 0 Å². The fourth-order valence-corrected chi connectivity index (χ4v) is 5.48. The Labute approximate surface area is 357 Å². The zero-order valence-electron chi connectivity index (χ0n) is 36.7. The summed E-state index contributed by atoms with van der Waals surface area (Å²) in [6, 6.07) is 11.5. The van der Waals surface area contributed by atoms with Crippen LogP contribution in [0.15, 0.2) is 42.5 Å². The van der Waals surface area contributed by atoms with Crippen molar-refractivity contribution in [2.75, 3.05) is 75.5 Å². The van der Waals surface area contributed by atoms with Crippen LogP contribution >= 0.6 is 12.0 Å². The normalized spacial score (nSPS) is 12.6. The molecule has 3 aromatic heterocycles. The molecule has 0 spiro atoms. The molecular formula is C44H70N6O8S. The third-order valence-electron chi connectivity index (χ3n) is 8.04. The monoisotopic (exact) mass is 842 g/mol. The molecule has 14 nitrogen and oxygen atoms in total. The Kier molecular flexibility index (Phi) is 30.7. The summed E-state index contributed by atoms with van der Waals surface area (Å²) in [5.74, 6) is 3.96. The fourth-order valence-electron chi connectivity index (χ4n) is 5.20. The number of fused-ring (bicyclic) bond motifs is 3. The van der Waals surface area contributed by atoms with Crippen LogP contribution in [0.4, 0.5) is 17.5 Å². The van der Waals surface area contributed by atoms with Crippen LogP contribution in [0.25, 0.3) is 6.08 Å². The molecule has 6 rings (SSSR count). The molecule has 0 bridgehead atoms. The van der Waals surface area contributed by atoms with Crippen molar-refractivity contribution >= 4 is 47.4 Å². The van der Waals surface area contributed by atoms with E-state index in [9.17, 15) is 9.59 Å². The van der Waals surface area contributed by atoms with Crippen LogP contribution in [-0.2, 0) is 31.4 Å². The highest BCUT2D eigenvalue weighted by Gasteiger charge is 2.17. The van der Waals surface area contributed by atoms with Gasteiger partial charge in [0.1, 0.15) is 17.5 Å². The summed E-state index contributed by atoms with van der Waals surface area (Å²) in [6.45, 7) is 16.3. The van der Waals surface area contributed by atoms with E-state index in [4.69, 9.17) is 28.2 Å². The lowest BCUT2D eigenvalue weighted by atomic mass is 10.1. The Bertz CT molecular complexity index is 1610. The maximum atomic E-state index is 11.3. The molecule has 0 aromatic carbocycles. The molecule has 0 radical (unpaired) electrons. The van der Waals surface area contributed by atoms with E-state index in [1.54, 1.807) is 7.11 Å². The minimum Gasteiger partial charge on any atom is -0.478 e. The molecule has 0 aliphatic carbocycles. The van der Waals surface area contributed by atoms with Crippen LogP contribution in [0.3, 0.4) is 0 Å². The van der Waals surface area contributed by atoms with E-state index in [0.29, 0.717) is 61.9 Å². The molecule has 3 aliphatic rings. The molecule has 3 aromatic rings. The van der Waals surface area contributed by atoms with Crippen molar-refractivity contribution in [2.45, 2.75) is 106 Å². The number of unbranched alkanes of at least 4 members (excludes halogenated alkanes) is 3. The van der Waals surface area contributed by atoms with Crippen LogP contribution in [0.2, 0.25) is 0 Å². The van der Waals surface area contributed by atoms with E-state index >= 15 is 0 Å². The Morgan fingerprint density at radius 1 is 0.610 bits per heavy atom. The second-order valence-electron chi connectivity index (χ2n) is 12.2. The maximum Gasteiger partial charge on any atom is 0.225 e. The molecule has 0 fully saturated rings. The summed E-state index contributed by atoms with van der Waals surface area (Å²) in [4.78, 5) is 35.5. The van der Waals surface area contributed by atoms with Crippen molar-refractivity contribution < 1.29 is 37.8 Å². The lowest BCUT2D eigenvalue weighted by molar-refractivity contribution is -0.117. The van der Waals surface area contributed by atoms with Crippen molar-refractivity contribution in [3.63, 3.8) is 0 Å². The maximum absolute atomic E-state index is 11.3. The number of aryl methyl sites for hydroxylation is 2. The van der Waals surface area contributed by atoms with Crippen molar-refractivity contribution in [1.82, 2.24) is 15.0 Å². The van der Waals surface area contributed by atoms with Gasteiger partial charge in [-0.25, -0.2) is 0 Å². The predicted molar refractivity (Wildman–Crippen MR) is 241 cm³/mol. The summed E-state index contributed by atoms with van der Waals surface area (Å²) < 4.78 is 26.7. The summed E-state index contributed by atoms with van der Waals surface area (Å²) >= 11 is 1.38. The van der Waals surface area contributed by atoms with Crippen molar-refractivity contribution in [2.24, 2.45) is 0 Å². The van der Waals surface area contributed by atoms with Crippen molar-refractivity contribution in [1.29, 1.82) is 0 Å². The fraction of sp³-hybridized carbons (Fsp3) is 0.568. The third kappa shape index (κ3) is 21.9. The first-order chi connectivity index (χ1) is 29.0. The molecule has 330 valence electrons. The number of amides is 2. The molecule has 0 saturated carbocycles. The number of aliphatic hydroxyl groups excluding tert-OH is 1. The highest BCUT2D eigenvalue weighted by molar-refractivity contribution is 7.93. The highest BCUT2D eigenvalue weighted by Crippen LogP contribution is 2.25. The second-order valence-corrected chi connectivity index (χ2v) is 12.7. The quantitative estimate of drug-likeness (QED) is 0.0706. The number of carbonyl (C=O) groups is 2. The Morgan fingerprint density at radius 3 is 1.56 bits per heavy atom. The van der Waals surface area contributed by atoms with Crippen LogP contribution in [0, 0.1) is 0 Å². The van der Waals surface area contributed by atoms with Crippen LogP contribution in [-0.4, -0.2) is 91.4 Å². The van der Waals surface area contributed by atoms with Gasteiger partial charge in [-0.1, -0.05) is 53.7 Å². The van der Waals surface area contributed by atoms with Gasteiger partial charge in [-0.05, 0) is 92.7 Å². The Hall–Kier alpha value is -4.44. The van der Waals surface area contributed by atoms with Gasteiger partial charge in [0.15, 0.2) is 0 Å². The molecular weight excluding hydrogens is 773 g/mol. The second kappa shape index (κ2) is 34.4. The molecule has 0 atom stereocenters. The first kappa shape index (κ1) is 52.6. The van der Waals surface area contributed by atoms with Gasteiger partial charge in [-0.15, -0.1) is 0 Å². The lowest BCUT2D eigenvalue weighted by Crippen LogP contribution is -2.20. The van der Waals surface area contributed by atoms with Crippen molar-refractivity contribution in [3.8, 4) is 17.6 Å². The smallest absolute Gasteiger partial charge is 0.225 e. The minimum absolute atomic E-state index is 0.0198. The minimum atomic E-state index is 0.0198. The SMILES string of the molecule is CC.CC.CC.COCCCCOc1ccc2c(n1)NC(=O)CC2.CSOCCCCOc1ccc2c(n1)NC(=O)CC2.OCCCCOc1ccc2c(n1)NCC=C2. The standard InChI is InChI=1S/C13H18N2O3S.C13H18N2O3.C12H16N2O2.3C2H6/c1-19-18-9-3-2-8-17-12-7-5-10-4-6-11(16)14-13(10)15-12;1-17-8-2-3-9-18-12-7-5-10-4-6-11(16)14-13(10)15-12;15-8-1-2-9-16-11-6-5-10-4-3-7-13-12(10)14-11;3*1-2/h5,7H,2-4,6,8-9H2,1H3,(H,14,15,16);5,7H,2-4,6,8-9H2,1H3,(H,14,15,16);3-6,15H,1-2,7-9H2,(H,13,14);3*1-2H3. The molecule has 6 heterocycles. The number of nitrogens with one attached hydrogen (secondary N) is 3. The van der Waals surface area contributed by atoms with Gasteiger partial charge >= 0.3 is 0 Å². The molecule has 3 aliphatic heterocycles. The lowest BCUT2D eigenvalue weighted by Gasteiger charge is -2.16.